The van der Waals surface area contributed by atoms with Gasteiger partial charge >= 0.3 is 0 Å². The van der Waals surface area contributed by atoms with Crippen molar-refractivity contribution in [2.24, 2.45) is 0 Å². The van der Waals surface area contributed by atoms with E-state index < -0.39 is 0 Å². The van der Waals surface area contributed by atoms with Gasteiger partial charge in [0.05, 0.1) is 21.9 Å². The van der Waals surface area contributed by atoms with Crippen molar-refractivity contribution in [1.82, 2.24) is 4.98 Å². The van der Waals surface area contributed by atoms with Crippen LogP contribution in [0.25, 0.3) is 0 Å². The maximum atomic E-state index is 6.10. The van der Waals surface area contributed by atoms with Gasteiger partial charge in [0.25, 0.3) is 0 Å². The lowest BCUT2D eigenvalue weighted by molar-refractivity contribution is 1.14. The molecule has 0 saturated heterocycles. The Bertz CT molecular complexity index is 555. The fraction of sp³-hybridized carbons (Fsp3) is 0.0833. The quantitative estimate of drug-likeness (QED) is 0.612. The molecule has 1 aromatic carbocycles. The first-order valence-electron chi connectivity index (χ1n) is 5.05. The van der Waals surface area contributed by atoms with Crippen molar-refractivity contribution in [2.45, 2.75) is 6.54 Å². The third-order valence-corrected chi connectivity index (χ3v) is 3.76. The summed E-state index contributed by atoms with van der Waals surface area (Å²) >= 11 is 23.8. The number of nitrogens with zero attached hydrogens (tertiary/aromatic N) is 1. The number of pyridine rings is 1. The maximum absolute atomic E-state index is 6.10. The second kappa shape index (κ2) is 5.98. The van der Waals surface area contributed by atoms with Gasteiger partial charge in [0, 0.05) is 17.1 Å². The molecule has 0 aliphatic carbocycles. The minimum atomic E-state index is 0.444. The molecule has 18 heavy (non-hydrogen) atoms. The van der Waals surface area contributed by atoms with Crippen LogP contribution in [0.2, 0.25) is 20.2 Å². The summed E-state index contributed by atoms with van der Waals surface area (Å²) in [5.74, 6) is 0. The van der Waals surface area contributed by atoms with Crippen LogP contribution in [0.3, 0.4) is 0 Å². The van der Waals surface area contributed by atoms with Crippen LogP contribution in [0, 0.1) is 0 Å². The molecular weight excluding hydrogens is 314 g/mol. The molecule has 0 aliphatic rings. The molecule has 6 heteroatoms. The van der Waals surface area contributed by atoms with Gasteiger partial charge in [-0.3, -0.25) is 0 Å². The van der Waals surface area contributed by atoms with Crippen molar-refractivity contribution in [3.05, 3.63) is 56.2 Å². The average molecular weight is 322 g/mol. The molecule has 2 rings (SSSR count). The van der Waals surface area contributed by atoms with E-state index in [1.165, 1.54) is 0 Å². The number of benzene rings is 1. The van der Waals surface area contributed by atoms with Gasteiger partial charge in [-0.1, -0.05) is 46.4 Å². The van der Waals surface area contributed by atoms with E-state index in [1.807, 2.05) is 6.07 Å². The van der Waals surface area contributed by atoms with Crippen molar-refractivity contribution in [1.29, 1.82) is 0 Å². The van der Waals surface area contributed by atoms with Gasteiger partial charge in [0.1, 0.15) is 5.15 Å². The third-order valence-electron chi connectivity index (χ3n) is 2.34. The van der Waals surface area contributed by atoms with Gasteiger partial charge in [0.2, 0.25) is 0 Å². The summed E-state index contributed by atoms with van der Waals surface area (Å²) in [4.78, 5) is 3.96. The topological polar surface area (TPSA) is 24.9 Å². The molecule has 2 nitrogen and oxygen atoms in total. The van der Waals surface area contributed by atoms with Crippen molar-refractivity contribution in [2.75, 3.05) is 5.32 Å². The Morgan fingerprint density at radius 1 is 0.944 bits per heavy atom. The maximum Gasteiger partial charge on any atom is 0.129 e. The number of nitrogens with one attached hydrogen (secondary N) is 1. The molecule has 2 aromatic rings. The molecule has 0 amide bonds. The number of hydrogen-bond donors (Lipinski definition) is 1. The van der Waals surface area contributed by atoms with Gasteiger partial charge in [-0.15, -0.1) is 0 Å². The first-order chi connectivity index (χ1) is 8.58. The Morgan fingerprint density at radius 2 is 1.67 bits per heavy atom. The summed E-state index contributed by atoms with van der Waals surface area (Å²) < 4.78 is 0. The second-order valence-electron chi connectivity index (χ2n) is 3.54. The first kappa shape index (κ1) is 13.8. The molecule has 0 radical (unpaired) electrons. The Morgan fingerprint density at radius 3 is 2.33 bits per heavy atom. The Kier molecular flexibility index (Phi) is 4.57. The molecule has 0 fully saturated rings. The molecule has 0 saturated carbocycles. The lowest BCUT2D eigenvalue weighted by Crippen LogP contribution is -2.01. The van der Waals surface area contributed by atoms with Crippen molar-refractivity contribution < 1.29 is 0 Å². The smallest absolute Gasteiger partial charge is 0.129 e. The summed E-state index contributed by atoms with van der Waals surface area (Å²) in [5.41, 5.74) is 1.58. The van der Waals surface area contributed by atoms with Gasteiger partial charge < -0.3 is 5.32 Å². The fourth-order valence-electron chi connectivity index (χ4n) is 1.40. The molecule has 94 valence electrons. The van der Waals surface area contributed by atoms with Crippen molar-refractivity contribution >= 4 is 52.1 Å². The van der Waals surface area contributed by atoms with Crippen LogP contribution in [0.15, 0.2) is 30.5 Å². The largest absolute Gasteiger partial charge is 0.380 e. The van der Waals surface area contributed by atoms with Gasteiger partial charge in [-0.05, 0) is 24.3 Å². The van der Waals surface area contributed by atoms with Crippen LogP contribution >= 0.6 is 46.4 Å². The van der Waals surface area contributed by atoms with E-state index in [1.54, 1.807) is 24.4 Å². The van der Waals surface area contributed by atoms with Crippen LogP contribution in [-0.4, -0.2) is 4.98 Å². The van der Waals surface area contributed by atoms with E-state index >= 15 is 0 Å². The summed E-state index contributed by atoms with van der Waals surface area (Å²) in [6.07, 6.45) is 1.63. The van der Waals surface area contributed by atoms with E-state index in [9.17, 15) is 0 Å². The average Bonchev–Trinajstić information content (AvgIpc) is 2.36. The molecule has 1 aromatic heterocycles. The predicted molar refractivity (Wildman–Crippen MR) is 78.0 cm³/mol. The highest BCUT2D eigenvalue weighted by molar-refractivity contribution is 6.44. The monoisotopic (exact) mass is 320 g/mol. The zero-order chi connectivity index (χ0) is 13.1. The highest BCUT2D eigenvalue weighted by Crippen LogP contribution is 2.31. The van der Waals surface area contributed by atoms with E-state index in [0.29, 0.717) is 26.8 Å². The zero-order valence-corrected chi connectivity index (χ0v) is 12.1. The lowest BCUT2D eigenvalue weighted by Gasteiger charge is -2.10. The van der Waals surface area contributed by atoms with Crippen LogP contribution in [0.5, 0.6) is 0 Å². The number of hydrogen-bond acceptors (Lipinski definition) is 2. The van der Waals surface area contributed by atoms with E-state index in [2.05, 4.69) is 10.3 Å². The first-order valence-corrected chi connectivity index (χ1v) is 6.57. The van der Waals surface area contributed by atoms with Gasteiger partial charge in [0.15, 0.2) is 0 Å². The highest BCUT2D eigenvalue weighted by atomic mass is 35.5. The van der Waals surface area contributed by atoms with Crippen LogP contribution in [-0.2, 0) is 6.54 Å². The predicted octanol–water partition coefficient (Wildman–Crippen LogP) is 5.31. The minimum absolute atomic E-state index is 0.444. The van der Waals surface area contributed by atoms with E-state index in [4.69, 9.17) is 46.4 Å². The number of halogens is 4. The fourth-order valence-corrected chi connectivity index (χ4v) is 2.20. The zero-order valence-electron chi connectivity index (χ0n) is 9.05. The molecule has 1 N–H and O–H groups in total. The standard InChI is InChI=1S/C12H8Cl4N2/c13-9-2-3-10(14)12(16)8(9)6-17-7-1-4-11(15)18-5-7/h1-5,17H,6H2. The molecule has 0 bridgehead atoms. The summed E-state index contributed by atoms with van der Waals surface area (Å²) in [5, 5.41) is 5.10. The van der Waals surface area contributed by atoms with Crippen LogP contribution < -0.4 is 5.32 Å². The molecule has 0 unspecified atom stereocenters. The normalized spacial score (nSPS) is 10.4. The van der Waals surface area contributed by atoms with Gasteiger partial charge in [-0.25, -0.2) is 4.98 Å². The van der Waals surface area contributed by atoms with E-state index in [0.717, 1.165) is 11.3 Å². The van der Waals surface area contributed by atoms with Crippen molar-refractivity contribution in [3.63, 3.8) is 0 Å². The van der Waals surface area contributed by atoms with Crippen LogP contribution in [0.1, 0.15) is 5.56 Å². The summed E-state index contributed by atoms with van der Waals surface area (Å²) in [6, 6.07) is 6.90. The minimum Gasteiger partial charge on any atom is -0.380 e. The Balaban J connectivity index is 2.15. The highest BCUT2D eigenvalue weighted by Gasteiger charge is 2.09. The van der Waals surface area contributed by atoms with E-state index in [-0.39, 0.29) is 0 Å². The Hall–Kier alpha value is -0.670. The number of rotatable bonds is 3. The number of aromatic nitrogens is 1. The molecular formula is C12H8Cl4N2. The van der Waals surface area contributed by atoms with Crippen molar-refractivity contribution in [3.8, 4) is 0 Å². The second-order valence-corrected chi connectivity index (χ2v) is 5.12. The molecule has 1 heterocycles. The van der Waals surface area contributed by atoms with Crippen LogP contribution in [0.4, 0.5) is 5.69 Å². The SMILES string of the molecule is Clc1ccc(NCc2c(Cl)ccc(Cl)c2Cl)cn1. The molecule has 0 aliphatic heterocycles. The summed E-state index contributed by atoms with van der Waals surface area (Å²) in [7, 11) is 0. The lowest BCUT2D eigenvalue weighted by atomic mass is 10.2. The number of anilines is 1. The third kappa shape index (κ3) is 3.21. The molecule has 0 spiro atoms. The molecule has 0 atom stereocenters. The summed E-state index contributed by atoms with van der Waals surface area (Å²) in [6.45, 7) is 0.460. The van der Waals surface area contributed by atoms with Gasteiger partial charge in [-0.2, -0.15) is 0 Å². The Labute approximate surface area is 125 Å².